The molecule has 1 aliphatic rings. The molecule has 0 radical (unpaired) electrons. The highest BCUT2D eigenvalue weighted by molar-refractivity contribution is 5.11. The van der Waals surface area contributed by atoms with Crippen molar-refractivity contribution >= 4 is 0 Å². The maximum absolute atomic E-state index is 6.06. The molecule has 66 valence electrons. The van der Waals surface area contributed by atoms with E-state index >= 15 is 0 Å². The molecule has 0 aliphatic heterocycles. The minimum absolute atomic E-state index is 0.215. The van der Waals surface area contributed by atoms with Gasteiger partial charge >= 0.3 is 0 Å². The standard InChI is InChI=1S/C9H15N3/c1-12-6-8(5-11-12)9(10)7-3-2-4-7/h5-7,9H,2-4,10H2,1H3. The second-order valence-corrected chi connectivity index (χ2v) is 3.66. The first-order chi connectivity index (χ1) is 5.77. The lowest BCUT2D eigenvalue weighted by atomic mass is 9.78. The van der Waals surface area contributed by atoms with E-state index < -0.39 is 0 Å². The molecule has 1 saturated carbocycles. The Bertz CT molecular complexity index is 262. The third-order valence-electron chi connectivity index (χ3n) is 2.77. The lowest BCUT2D eigenvalue weighted by molar-refractivity contribution is 0.264. The maximum Gasteiger partial charge on any atom is 0.0537 e. The smallest absolute Gasteiger partial charge is 0.0537 e. The highest BCUT2D eigenvalue weighted by atomic mass is 15.2. The van der Waals surface area contributed by atoms with E-state index in [1.54, 1.807) is 0 Å². The molecule has 1 aromatic rings. The van der Waals surface area contributed by atoms with E-state index in [1.807, 2.05) is 24.1 Å². The first kappa shape index (κ1) is 7.80. The normalized spacial score (nSPS) is 20.5. The van der Waals surface area contributed by atoms with Gasteiger partial charge in [-0.3, -0.25) is 4.68 Å². The highest BCUT2D eigenvalue weighted by Gasteiger charge is 2.25. The van der Waals surface area contributed by atoms with Gasteiger partial charge in [0.1, 0.15) is 0 Å². The molecule has 1 heterocycles. The van der Waals surface area contributed by atoms with Gasteiger partial charge in [0.25, 0.3) is 0 Å². The molecule has 2 N–H and O–H groups in total. The second-order valence-electron chi connectivity index (χ2n) is 3.66. The maximum atomic E-state index is 6.06. The van der Waals surface area contributed by atoms with Gasteiger partial charge in [0.15, 0.2) is 0 Å². The van der Waals surface area contributed by atoms with Gasteiger partial charge < -0.3 is 5.73 Å². The monoisotopic (exact) mass is 165 g/mol. The average Bonchev–Trinajstić information content (AvgIpc) is 2.31. The van der Waals surface area contributed by atoms with Crippen LogP contribution in [0.4, 0.5) is 0 Å². The van der Waals surface area contributed by atoms with Crippen LogP contribution in [0.2, 0.25) is 0 Å². The van der Waals surface area contributed by atoms with Crippen molar-refractivity contribution in [2.45, 2.75) is 25.3 Å². The number of aromatic nitrogens is 2. The Morgan fingerprint density at radius 3 is 2.83 bits per heavy atom. The summed E-state index contributed by atoms with van der Waals surface area (Å²) >= 11 is 0. The van der Waals surface area contributed by atoms with Crippen molar-refractivity contribution in [1.82, 2.24) is 9.78 Å². The molecular weight excluding hydrogens is 150 g/mol. The summed E-state index contributed by atoms with van der Waals surface area (Å²) in [6.07, 6.45) is 7.82. The van der Waals surface area contributed by atoms with Crippen LogP contribution < -0.4 is 5.73 Å². The zero-order valence-electron chi connectivity index (χ0n) is 7.40. The lowest BCUT2D eigenvalue weighted by Gasteiger charge is -2.30. The molecule has 3 heteroatoms. The van der Waals surface area contributed by atoms with Crippen molar-refractivity contribution in [3.8, 4) is 0 Å². The van der Waals surface area contributed by atoms with Crippen LogP contribution in [0, 0.1) is 5.92 Å². The third-order valence-corrected chi connectivity index (χ3v) is 2.77. The van der Waals surface area contributed by atoms with Crippen molar-refractivity contribution < 1.29 is 0 Å². The van der Waals surface area contributed by atoms with Gasteiger partial charge in [-0.25, -0.2) is 0 Å². The SMILES string of the molecule is Cn1cc(C(N)C2CCC2)cn1. The Kier molecular flexibility index (Phi) is 1.89. The molecule has 3 nitrogen and oxygen atoms in total. The Labute approximate surface area is 72.6 Å². The molecule has 1 atom stereocenters. The average molecular weight is 165 g/mol. The summed E-state index contributed by atoms with van der Waals surface area (Å²) in [7, 11) is 1.93. The number of hydrogen-bond acceptors (Lipinski definition) is 2. The number of aryl methyl sites for hydroxylation is 1. The number of nitrogens with two attached hydrogens (primary N) is 1. The van der Waals surface area contributed by atoms with Crippen LogP contribution >= 0.6 is 0 Å². The van der Waals surface area contributed by atoms with Crippen molar-refractivity contribution in [1.29, 1.82) is 0 Å². The van der Waals surface area contributed by atoms with Crippen molar-refractivity contribution in [3.63, 3.8) is 0 Å². The third kappa shape index (κ3) is 1.25. The van der Waals surface area contributed by atoms with E-state index in [9.17, 15) is 0 Å². The van der Waals surface area contributed by atoms with Crippen LogP contribution in [0.1, 0.15) is 30.9 Å². The largest absolute Gasteiger partial charge is 0.324 e. The van der Waals surface area contributed by atoms with Gasteiger partial charge in [0.05, 0.1) is 6.20 Å². The molecule has 12 heavy (non-hydrogen) atoms. The van der Waals surface area contributed by atoms with Crippen molar-refractivity contribution in [2.75, 3.05) is 0 Å². The number of rotatable bonds is 2. The fraction of sp³-hybridized carbons (Fsp3) is 0.667. The van der Waals surface area contributed by atoms with Gasteiger partial charge in [-0.1, -0.05) is 6.42 Å². The summed E-state index contributed by atoms with van der Waals surface area (Å²) in [6, 6.07) is 0.215. The summed E-state index contributed by atoms with van der Waals surface area (Å²) in [5.74, 6) is 0.703. The second kappa shape index (κ2) is 2.90. The van der Waals surface area contributed by atoms with Gasteiger partial charge in [0.2, 0.25) is 0 Å². The van der Waals surface area contributed by atoms with Gasteiger partial charge in [0, 0.05) is 24.8 Å². The highest BCUT2D eigenvalue weighted by Crippen LogP contribution is 2.35. The van der Waals surface area contributed by atoms with Gasteiger partial charge in [-0.05, 0) is 18.8 Å². The van der Waals surface area contributed by atoms with Crippen molar-refractivity contribution in [2.24, 2.45) is 18.7 Å². The number of nitrogens with zero attached hydrogens (tertiary/aromatic N) is 2. The van der Waals surface area contributed by atoms with E-state index in [4.69, 9.17) is 5.73 Å². The van der Waals surface area contributed by atoms with Gasteiger partial charge in [-0.15, -0.1) is 0 Å². The fourth-order valence-electron chi connectivity index (χ4n) is 1.68. The molecule has 1 aromatic heterocycles. The van der Waals surface area contributed by atoms with Crippen LogP contribution in [0.15, 0.2) is 12.4 Å². The predicted octanol–water partition coefficient (Wildman–Crippen LogP) is 1.22. The molecule has 1 aliphatic carbocycles. The molecule has 0 bridgehead atoms. The predicted molar refractivity (Wildman–Crippen MR) is 47.5 cm³/mol. The molecule has 1 fully saturated rings. The Morgan fingerprint density at radius 1 is 1.67 bits per heavy atom. The first-order valence-electron chi connectivity index (χ1n) is 4.51. The van der Waals surface area contributed by atoms with E-state index in [2.05, 4.69) is 5.10 Å². The van der Waals surface area contributed by atoms with Crippen LogP contribution in [0.25, 0.3) is 0 Å². The molecule has 1 unspecified atom stereocenters. The Balaban J connectivity index is 2.08. The van der Waals surface area contributed by atoms with Gasteiger partial charge in [-0.2, -0.15) is 5.10 Å². The zero-order valence-corrected chi connectivity index (χ0v) is 7.40. The fourth-order valence-corrected chi connectivity index (χ4v) is 1.68. The van der Waals surface area contributed by atoms with Crippen LogP contribution in [-0.2, 0) is 7.05 Å². The van der Waals surface area contributed by atoms with Crippen LogP contribution in [-0.4, -0.2) is 9.78 Å². The minimum atomic E-state index is 0.215. The lowest BCUT2D eigenvalue weighted by Crippen LogP contribution is -2.26. The molecule has 0 amide bonds. The Hall–Kier alpha value is -0.830. The van der Waals surface area contributed by atoms with E-state index in [0.717, 1.165) is 0 Å². The quantitative estimate of drug-likeness (QED) is 0.716. The van der Waals surface area contributed by atoms with E-state index in [1.165, 1.54) is 24.8 Å². The van der Waals surface area contributed by atoms with E-state index in [0.29, 0.717) is 5.92 Å². The summed E-state index contributed by atoms with van der Waals surface area (Å²) in [5.41, 5.74) is 7.24. The van der Waals surface area contributed by atoms with Crippen LogP contribution in [0.3, 0.4) is 0 Å². The molecule has 0 aromatic carbocycles. The Morgan fingerprint density at radius 2 is 2.42 bits per heavy atom. The van der Waals surface area contributed by atoms with Crippen LogP contribution in [0.5, 0.6) is 0 Å². The molecule has 0 saturated heterocycles. The summed E-state index contributed by atoms with van der Waals surface area (Å²) in [4.78, 5) is 0. The van der Waals surface area contributed by atoms with E-state index in [-0.39, 0.29) is 6.04 Å². The summed E-state index contributed by atoms with van der Waals surface area (Å²) < 4.78 is 1.81. The summed E-state index contributed by atoms with van der Waals surface area (Å²) in [6.45, 7) is 0. The zero-order chi connectivity index (χ0) is 8.55. The topological polar surface area (TPSA) is 43.8 Å². The molecular formula is C9H15N3. The molecule has 0 spiro atoms. The van der Waals surface area contributed by atoms with Crippen molar-refractivity contribution in [3.05, 3.63) is 18.0 Å². The molecule has 2 rings (SSSR count). The first-order valence-corrected chi connectivity index (χ1v) is 4.51. The number of hydrogen-bond donors (Lipinski definition) is 1. The summed E-state index contributed by atoms with van der Waals surface area (Å²) in [5, 5.41) is 4.12. The minimum Gasteiger partial charge on any atom is -0.324 e.